The second-order valence-electron chi connectivity index (χ2n) is 0. The summed E-state index contributed by atoms with van der Waals surface area (Å²) in [6.45, 7) is 0. The van der Waals surface area contributed by atoms with Crippen molar-refractivity contribution in [3.63, 3.8) is 0 Å². The molecular formula is H3GaIrOZn. The Morgan fingerprint density at radius 3 is 1.25 bits per heavy atom. The Balaban J connectivity index is -0.00000000500. The maximum atomic E-state index is 8.38. The van der Waals surface area contributed by atoms with Gasteiger partial charge in [-0.15, -0.1) is 0 Å². The third-order valence-electron chi connectivity index (χ3n) is 0. The van der Waals surface area contributed by atoms with Crippen LogP contribution in [0, 0.1) is 0 Å². The normalized spacial score (nSPS) is 1.50. The van der Waals surface area contributed by atoms with Gasteiger partial charge in [0, 0.05) is 20.1 Å². The first-order valence-electron chi connectivity index (χ1n) is 0.289. The standard InChI is InChI=1S/Ga.Ir.O.Zn.3H. The van der Waals surface area contributed by atoms with Crippen LogP contribution in [0.1, 0.15) is 0 Å². The number of hydrogen-bond donors (Lipinski definition) is 0. The molecule has 0 atom stereocenters. The molecule has 1 radical (unpaired) electrons. The summed E-state index contributed by atoms with van der Waals surface area (Å²) in [5.41, 5.74) is 0. The van der Waals surface area contributed by atoms with E-state index in [1.165, 1.54) is 0 Å². The van der Waals surface area contributed by atoms with E-state index in [4.69, 9.17) is 3.57 Å². The Kier molecular flexibility index (Phi) is 95.6. The molecule has 4 heavy (non-hydrogen) atoms. The van der Waals surface area contributed by atoms with Gasteiger partial charge in [0.1, 0.15) is 0 Å². The Morgan fingerprint density at radius 1 is 1.25 bits per heavy atom. The first-order valence-corrected chi connectivity index (χ1v) is 1.50. The molecule has 1 nitrogen and oxygen atoms in total. The minimum atomic E-state index is 0. The third kappa shape index (κ3) is 9.32. The second kappa shape index (κ2) is 22.2. The van der Waals surface area contributed by atoms with Crippen LogP contribution in [0.4, 0.5) is 0 Å². The van der Waals surface area contributed by atoms with E-state index in [2.05, 4.69) is 0 Å². The number of rotatable bonds is 0. The van der Waals surface area contributed by atoms with Gasteiger partial charge in [-0.05, 0) is 0 Å². The van der Waals surface area contributed by atoms with Crippen LogP contribution in [-0.4, -0.2) is 19.8 Å². The molecule has 0 aromatic heterocycles. The molecule has 0 N–H and O–H groups in total. The van der Waals surface area contributed by atoms with Crippen molar-refractivity contribution in [1.29, 1.82) is 0 Å². The Bertz CT molecular complexity index is 8.00. The van der Waals surface area contributed by atoms with Gasteiger partial charge in [0.05, 0.1) is 0 Å². The summed E-state index contributed by atoms with van der Waals surface area (Å²) in [6.07, 6.45) is 0. The van der Waals surface area contributed by atoms with Crippen LogP contribution in [0.2, 0.25) is 0 Å². The molecule has 0 rings (SSSR count). The maximum absolute atomic E-state index is 8.38. The fraction of sp³-hybridized carbons (Fsp3) is 0. The van der Waals surface area contributed by atoms with Crippen LogP contribution in [0.15, 0.2) is 0 Å². The molecule has 0 aliphatic heterocycles. The minimum absolute atomic E-state index is 0. The van der Waals surface area contributed by atoms with E-state index in [9.17, 15) is 0 Å². The van der Waals surface area contributed by atoms with E-state index in [-0.39, 0.29) is 58.1 Å². The molecule has 0 aromatic carbocycles. The Morgan fingerprint density at radius 2 is 1.25 bits per heavy atom. The van der Waals surface area contributed by atoms with Gasteiger partial charge in [0.2, 0.25) is 0 Å². The molecule has 0 saturated heterocycles. The molecule has 0 bridgehead atoms. The Labute approximate surface area is 61.3 Å². The van der Waals surface area contributed by atoms with Crippen LogP contribution >= 0.6 is 0 Å². The van der Waals surface area contributed by atoms with Crippen LogP contribution in [0.25, 0.3) is 0 Å². The SMILES string of the molecule is [GaH3].[Ir].[O]=[Zn]. The number of hydrogen-bond acceptors (Lipinski definition) is 1. The van der Waals surface area contributed by atoms with Crippen molar-refractivity contribution in [2.45, 2.75) is 0 Å². The van der Waals surface area contributed by atoms with Crippen molar-refractivity contribution in [3.8, 4) is 0 Å². The predicted molar refractivity (Wildman–Crippen MR) is 10.6 cm³/mol. The van der Waals surface area contributed by atoms with Gasteiger partial charge in [0.25, 0.3) is 0 Å². The molecule has 0 fully saturated rings. The topological polar surface area (TPSA) is 17.1 Å². The van der Waals surface area contributed by atoms with Gasteiger partial charge >= 0.3 is 41.6 Å². The first-order chi connectivity index (χ1) is 1.00. The van der Waals surface area contributed by atoms with E-state index in [0.29, 0.717) is 0 Å². The van der Waals surface area contributed by atoms with E-state index in [0.717, 1.165) is 0 Å². The first kappa shape index (κ1) is 17.3. The molecule has 0 saturated carbocycles. The van der Waals surface area contributed by atoms with Gasteiger partial charge in [-0.25, -0.2) is 0 Å². The average Bonchev–Trinajstić information content (AvgIpc) is 1.00. The van der Waals surface area contributed by atoms with E-state index < -0.39 is 0 Å². The quantitative estimate of drug-likeness (QED) is 0.498. The summed E-state index contributed by atoms with van der Waals surface area (Å²) in [6, 6.07) is 0. The fourth-order valence-corrected chi connectivity index (χ4v) is 0. The van der Waals surface area contributed by atoms with E-state index in [1.54, 1.807) is 0 Å². The zero-order valence-electron chi connectivity index (χ0n) is 1.45. The average molecular weight is 346 g/mol. The molecule has 4 heteroatoms. The third-order valence-corrected chi connectivity index (χ3v) is 0. The molecule has 0 amide bonds. The summed E-state index contributed by atoms with van der Waals surface area (Å²) in [4.78, 5) is 0. The summed E-state index contributed by atoms with van der Waals surface area (Å²) >= 11 is 0.125. The van der Waals surface area contributed by atoms with Crippen LogP contribution in [0.5, 0.6) is 0 Å². The molecule has 0 aliphatic carbocycles. The van der Waals surface area contributed by atoms with E-state index >= 15 is 0 Å². The molecule has 0 spiro atoms. The van der Waals surface area contributed by atoms with Crippen molar-refractivity contribution in [1.82, 2.24) is 0 Å². The van der Waals surface area contributed by atoms with Crippen molar-refractivity contribution >= 4 is 19.8 Å². The molecular weight excluding hydrogens is 343 g/mol. The summed E-state index contributed by atoms with van der Waals surface area (Å²) in [5.74, 6) is 0. The predicted octanol–water partition coefficient (Wildman–Crippen LogP) is -1.31. The van der Waals surface area contributed by atoms with Crippen LogP contribution in [0.3, 0.4) is 0 Å². The van der Waals surface area contributed by atoms with Gasteiger partial charge in [0.15, 0.2) is 0 Å². The van der Waals surface area contributed by atoms with Crippen molar-refractivity contribution in [3.05, 3.63) is 0 Å². The van der Waals surface area contributed by atoms with Crippen LogP contribution < -0.4 is 0 Å². The summed E-state index contributed by atoms with van der Waals surface area (Å²) in [5, 5.41) is 0. The van der Waals surface area contributed by atoms with Crippen molar-refractivity contribution < 1.29 is 41.9 Å². The summed E-state index contributed by atoms with van der Waals surface area (Å²) in [7, 11) is 0. The second-order valence-corrected chi connectivity index (χ2v) is 0. The monoisotopic (exact) mass is 345 g/mol. The molecule has 0 aliphatic rings. The molecule has 23 valence electrons. The van der Waals surface area contributed by atoms with Gasteiger partial charge < -0.3 is 0 Å². The molecule has 0 heterocycles. The van der Waals surface area contributed by atoms with E-state index in [1.807, 2.05) is 0 Å². The molecule has 0 unspecified atom stereocenters. The summed E-state index contributed by atoms with van der Waals surface area (Å²) < 4.78 is 8.38. The van der Waals surface area contributed by atoms with Crippen LogP contribution in [-0.2, 0) is 41.9 Å². The fourth-order valence-electron chi connectivity index (χ4n) is 0. The zero-order chi connectivity index (χ0) is 2.00. The molecule has 0 aromatic rings. The van der Waals surface area contributed by atoms with Crippen molar-refractivity contribution in [2.24, 2.45) is 0 Å². The van der Waals surface area contributed by atoms with Gasteiger partial charge in [-0.3, -0.25) is 0 Å². The van der Waals surface area contributed by atoms with Gasteiger partial charge in [-0.1, -0.05) is 0 Å². The van der Waals surface area contributed by atoms with Crippen molar-refractivity contribution in [2.75, 3.05) is 0 Å². The van der Waals surface area contributed by atoms with Gasteiger partial charge in [-0.2, -0.15) is 0 Å². The zero-order valence-corrected chi connectivity index (χ0v) is 6.81. The Hall–Kier alpha value is 1.71.